The maximum absolute atomic E-state index is 12.1. The first-order chi connectivity index (χ1) is 9.56. The molecule has 6 nitrogen and oxygen atoms in total. The molecule has 114 valence electrons. The van der Waals surface area contributed by atoms with Crippen LogP contribution in [0.4, 0.5) is 4.79 Å². The average molecular weight is 283 g/mol. The van der Waals surface area contributed by atoms with Crippen LogP contribution in [0, 0.1) is 5.92 Å². The highest BCUT2D eigenvalue weighted by Crippen LogP contribution is 2.29. The molecule has 1 aliphatic carbocycles. The molecule has 1 heterocycles. The summed E-state index contributed by atoms with van der Waals surface area (Å²) in [5.41, 5.74) is 0. The summed E-state index contributed by atoms with van der Waals surface area (Å²) in [5, 5.41) is 11.8. The number of carboxylic acid groups (broad SMARTS) is 1. The molecular formula is C14H25N3O3. The molecular weight excluding hydrogens is 258 g/mol. The molecule has 1 unspecified atom stereocenters. The lowest BCUT2D eigenvalue weighted by molar-refractivity contribution is -0.137. The molecule has 0 aromatic carbocycles. The van der Waals surface area contributed by atoms with E-state index in [4.69, 9.17) is 5.11 Å². The van der Waals surface area contributed by atoms with Gasteiger partial charge in [-0.1, -0.05) is 0 Å². The van der Waals surface area contributed by atoms with E-state index in [1.807, 2.05) is 0 Å². The van der Waals surface area contributed by atoms with Gasteiger partial charge in [-0.3, -0.25) is 9.69 Å². The summed E-state index contributed by atoms with van der Waals surface area (Å²) in [4.78, 5) is 26.7. The molecule has 1 saturated carbocycles. The summed E-state index contributed by atoms with van der Waals surface area (Å²) in [5.74, 6) is -0.454. The Balaban J connectivity index is 1.75. The number of carboxylic acids is 1. The number of nitrogens with zero attached hydrogens (tertiary/aromatic N) is 2. The van der Waals surface area contributed by atoms with E-state index in [9.17, 15) is 9.59 Å². The van der Waals surface area contributed by atoms with Gasteiger partial charge in [0.2, 0.25) is 0 Å². The van der Waals surface area contributed by atoms with E-state index in [0.717, 1.165) is 25.9 Å². The Labute approximate surface area is 120 Å². The van der Waals surface area contributed by atoms with Crippen LogP contribution in [0.3, 0.4) is 0 Å². The van der Waals surface area contributed by atoms with Crippen LogP contribution >= 0.6 is 0 Å². The van der Waals surface area contributed by atoms with Gasteiger partial charge in [0.15, 0.2) is 0 Å². The third-order valence-corrected chi connectivity index (χ3v) is 4.10. The summed E-state index contributed by atoms with van der Waals surface area (Å²) in [6.45, 7) is 5.24. The van der Waals surface area contributed by atoms with Gasteiger partial charge < -0.3 is 15.3 Å². The van der Waals surface area contributed by atoms with Crippen molar-refractivity contribution >= 4 is 12.0 Å². The normalized spacial score (nSPS) is 20.6. The van der Waals surface area contributed by atoms with Gasteiger partial charge in [-0.05, 0) is 51.6 Å². The van der Waals surface area contributed by atoms with Gasteiger partial charge in [-0.25, -0.2) is 4.79 Å². The molecule has 6 heteroatoms. The Morgan fingerprint density at radius 1 is 1.35 bits per heavy atom. The second-order valence-electron chi connectivity index (χ2n) is 6.00. The molecule has 1 saturated heterocycles. The molecule has 2 rings (SSSR count). The van der Waals surface area contributed by atoms with Crippen LogP contribution in [-0.2, 0) is 4.79 Å². The molecule has 0 radical (unpaired) electrons. The highest BCUT2D eigenvalue weighted by Gasteiger charge is 2.28. The van der Waals surface area contributed by atoms with Gasteiger partial charge in [-0.15, -0.1) is 0 Å². The molecule has 2 fully saturated rings. The minimum Gasteiger partial charge on any atom is -0.480 e. The summed E-state index contributed by atoms with van der Waals surface area (Å²) < 4.78 is 0. The summed E-state index contributed by atoms with van der Waals surface area (Å²) in [6.07, 6.45) is 4.66. The third-order valence-electron chi connectivity index (χ3n) is 4.10. The molecule has 2 amide bonds. The van der Waals surface area contributed by atoms with E-state index in [1.165, 1.54) is 17.7 Å². The van der Waals surface area contributed by atoms with E-state index in [-0.39, 0.29) is 12.6 Å². The van der Waals surface area contributed by atoms with E-state index < -0.39 is 5.97 Å². The fraction of sp³-hybridized carbons (Fsp3) is 0.857. The number of nitrogens with one attached hydrogen (secondary N) is 1. The number of hydrogen-bond donors (Lipinski definition) is 2. The number of likely N-dealkylation sites (tertiary alicyclic amines) is 1. The highest BCUT2D eigenvalue weighted by molar-refractivity contribution is 5.80. The first-order valence-corrected chi connectivity index (χ1v) is 7.55. The van der Waals surface area contributed by atoms with Crippen LogP contribution < -0.4 is 5.32 Å². The topological polar surface area (TPSA) is 72.9 Å². The number of rotatable bonds is 7. The van der Waals surface area contributed by atoms with Gasteiger partial charge >= 0.3 is 12.0 Å². The fourth-order valence-electron chi connectivity index (χ4n) is 2.65. The van der Waals surface area contributed by atoms with Crippen molar-refractivity contribution in [3.8, 4) is 0 Å². The quantitative estimate of drug-likeness (QED) is 0.730. The minimum atomic E-state index is -0.951. The van der Waals surface area contributed by atoms with Crippen LogP contribution in [0.5, 0.6) is 0 Å². The lowest BCUT2D eigenvalue weighted by atomic mass is 10.3. The molecule has 0 aromatic heterocycles. The molecule has 1 atom stereocenters. The summed E-state index contributed by atoms with van der Waals surface area (Å²) in [7, 11) is 0. The van der Waals surface area contributed by atoms with Gasteiger partial charge in [0.1, 0.15) is 6.54 Å². The fourth-order valence-corrected chi connectivity index (χ4v) is 2.65. The molecule has 2 N–H and O–H groups in total. The van der Waals surface area contributed by atoms with Crippen LogP contribution in [0.25, 0.3) is 0 Å². The number of aliphatic carboxylic acids is 1. The standard InChI is InChI=1S/C14H25N3O3/c1-11(16-6-2-3-7-16)8-15-14(20)17(10-13(18)19)9-12-4-5-12/h11-12H,2-10H2,1H3,(H,15,20)(H,18,19). The van der Waals surface area contributed by atoms with E-state index in [2.05, 4.69) is 17.1 Å². The molecule has 0 spiro atoms. The van der Waals surface area contributed by atoms with Gasteiger partial charge in [0.25, 0.3) is 0 Å². The van der Waals surface area contributed by atoms with Crippen molar-refractivity contribution in [2.45, 2.75) is 38.6 Å². The lowest BCUT2D eigenvalue weighted by Crippen LogP contribution is -2.48. The molecule has 20 heavy (non-hydrogen) atoms. The van der Waals surface area contributed by atoms with E-state index in [0.29, 0.717) is 25.0 Å². The molecule has 1 aliphatic heterocycles. The predicted molar refractivity (Wildman–Crippen MR) is 75.6 cm³/mol. The number of amides is 2. The zero-order chi connectivity index (χ0) is 14.5. The number of hydrogen-bond acceptors (Lipinski definition) is 3. The zero-order valence-corrected chi connectivity index (χ0v) is 12.2. The number of urea groups is 1. The smallest absolute Gasteiger partial charge is 0.323 e. The Morgan fingerprint density at radius 2 is 2.00 bits per heavy atom. The highest BCUT2D eigenvalue weighted by atomic mass is 16.4. The average Bonchev–Trinajstić information content (AvgIpc) is 3.05. The summed E-state index contributed by atoms with van der Waals surface area (Å²) >= 11 is 0. The second kappa shape index (κ2) is 6.92. The van der Waals surface area contributed by atoms with Crippen LogP contribution in [0.2, 0.25) is 0 Å². The minimum absolute atomic E-state index is 0.208. The van der Waals surface area contributed by atoms with Crippen molar-refractivity contribution in [1.82, 2.24) is 15.1 Å². The number of carbonyl (C=O) groups is 2. The molecule has 0 aromatic rings. The Morgan fingerprint density at radius 3 is 2.55 bits per heavy atom. The van der Waals surface area contributed by atoms with Crippen LogP contribution in [-0.4, -0.2) is 65.7 Å². The predicted octanol–water partition coefficient (Wildman–Crippen LogP) is 0.977. The van der Waals surface area contributed by atoms with Gasteiger partial charge in [-0.2, -0.15) is 0 Å². The van der Waals surface area contributed by atoms with Crippen molar-refractivity contribution in [3.63, 3.8) is 0 Å². The lowest BCUT2D eigenvalue weighted by Gasteiger charge is -2.26. The van der Waals surface area contributed by atoms with Crippen molar-refractivity contribution in [2.75, 3.05) is 32.7 Å². The maximum Gasteiger partial charge on any atom is 0.323 e. The monoisotopic (exact) mass is 283 g/mol. The first kappa shape index (κ1) is 15.1. The van der Waals surface area contributed by atoms with Gasteiger partial charge in [0, 0.05) is 19.1 Å². The van der Waals surface area contributed by atoms with Crippen molar-refractivity contribution in [2.24, 2.45) is 5.92 Å². The third kappa shape index (κ3) is 4.67. The largest absolute Gasteiger partial charge is 0.480 e. The number of carbonyl (C=O) groups excluding carboxylic acids is 1. The van der Waals surface area contributed by atoms with Crippen molar-refractivity contribution in [3.05, 3.63) is 0 Å². The first-order valence-electron chi connectivity index (χ1n) is 7.55. The van der Waals surface area contributed by atoms with E-state index >= 15 is 0 Å². The van der Waals surface area contributed by atoms with E-state index in [1.54, 1.807) is 0 Å². The SMILES string of the molecule is CC(CNC(=O)N(CC(=O)O)CC1CC1)N1CCCC1. The van der Waals surface area contributed by atoms with Crippen LogP contribution in [0.1, 0.15) is 32.6 Å². The summed E-state index contributed by atoms with van der Waals surface area (Å²) in [6, 6.07) is 0.0689. The Bertz CT molecular complexity index is 352. The molecule has 2 aliphatic rings. The van der Waals surface area contributed by atoms with Crippen LogP contribution in [0.15, 0.2) is 0 Å². The zero-order valence-electron chi connectivity index (χ0n) is 12.2. The van der Waals surface area contributed by atoms with Crippen molar-refractivity contribution < 1.29 is 14.7 Å². The molecule has 0 bridgehead atoms. The van der Waals surface area contributed by atoms with Gasteiger partial charge in [0.05, 0.1) is 0 Å². The Hall–Kier alpha value is -1.30. The van der Waals surface area contributed by atoms with Crippen molar-refractivity contribution in [1.29, 1.82) is 0 Å². The second-order valence-corrected chi connectivity index (χ2v) is 6.00. The Kier molecular flexibility index (Phi) is 5.23. The maximum atomic E-state index is 12.1.